The van der Waals surface area contributed by atoms with Gasteiger partial charge in [-0.2, -0.15) is 5.10 Å². The highest BCUT2D eigenvalue weighted by Gasteiger charge is 2.24. The highest BCUT2D eigenvalue weighted by Crippen LogP contribution is 2.35. The number of aromatic amines is 2. The fourth-order valence-electron chi connectivity index (χ4n) is 3.46. The molecule has 3 amide bonds. The first kappa shape index (κ1) is 19.2. The Morgan fingerprint density at radius 1 is 0.938 bits per heavy atom. The van der Waals surface area contributed by atoms with E-state index < -0.39 is 0 Å². The number of carbonyl (C=O) groups excluding carboxylic acids is 2. The van der Waals surface area contributed by atoms with Gasteiger partial charge in [0.2, 0.25) is 0 Å². The van der Waals surface area contributed by atoms with Gasteiger partial charge < -0.3 is 20.9 Å². The van der Waals surface area contributed by atoms with Crippen LogP contribution in [0.1, 0.15) is 11.3 Å². The van der Waals surface area contributed by atoms with Crippen LogP contribution in [0.25, 0.3) is 11.6 Å². The number of anilines is 5. The summed E-state index contributed by atoms with van der Waals surface area (Å²) in [5.74, 6) is 0.364. The van der Waals surface area contributed by atoms with Crippen molar-refractivity contribution in [2.75, 3.05) is 21.3 Å². The van der Waals surface area contributed by atoms with E-state index in [-0.39, 0.29) is 11.9 Å². The van der Waals surface area contributed by atoms with Gasteiger partial charge in [0.25, 0.3) is 5.91 Å². The Balaban J connectivity index is 1.30. The van der Waals surface area contributed by atoms with E-state index in [9.17, 15) is 9.59 Å². The second-order valence-corrected chi connectivity index (χ2v) is 7.15. The molecule has 2 aromatic carbocycles. The molecule has 4 aromatic rings. The minimum absolute atomic E-state index is 0.138. The van der Waals surface area contributed by atoms with Crippen LogP contribution >= 0.6 is 0 Å². The van der Waals surface area contributed by atoms with Crippen molar-refractivity contribution in [3.05, 3.63) is 84.3 Å². The van der Waals surface area contributed by atoms with Gasteiger partial charge in [-0.05, 0) is 48.5 Å². The van der Waals surface area contributed by atoms with Crippen LogP contribution in [-0.2, 0) is 4.79 Å². The molecule has 0 unspecified atom stereocenters. The number of urea groups is 1. The average molecular weight is 425 g/mol. The van der Waals surface area contributed by atoms with Gasteiger partial charge in [-0.3, -0.25) is 15.2 Å². The lowest BCUT2D eigenvalue weighted by atomic mass is 10.1. The lowest BCUT2D eigenvalue weighted by Crippen LogP contribution is -2.19. The summed E-state index contributed by atoms with van der Waals surface area (Å²) < 4.78 is 0. The van der Waals surface area contributed by atoms with E-state index in [1.807, 2.05) is 60.8 Å². The van der Waals surface area contributed by atoms with Gasteiger partial charge in [-0.15, -0.1) is 0 Å². The molecule has 0 aliphatic carbocycles. The summed E-state index contributed by atoms with van der Waals surface area (Å²) in [5.41, 5.74) is 5.29. The molecule has 2 aromatic heterocycles. The van der Waals surface area contributed by atoms with Crippen LogP contribution in [0.2, 0.25) is 0 Å². The normalized spacial score (nSPS) is 13.5. The molecule has 0 bridgehead atoms. The first-order valence-corrected chi connectivity index (χ1v) is 9.89. The molecule has 9 heteroatoms. The van der Waals surface area contributed by atoms with Crippen LogP contribution < -0.4 is 21.3 Å². The highest BCUT2D eigenvalue weighted by molar-refractivity contribution is 6.35. The summed E-state index contributed by atoms with van der Waals surface area (Å²) in [4.78, 5) is 27.6. The summed E-state index contributed by atoms with van der Waals surface area (Å²) >= 11 is 0. The zero-order valence-corrected chi connectivity index (χ0v) is 16.8. The maximum absolute atomic E-state index is 12.4. The summed E-state index contributed by atoms with van der Waals surface area (Å²) in [7, 11) is 0. The molecule has 0 saturated heterocycles. The topological polar surface area (TPSA) is 127 Å². The van der Waals surface area contributed by atoms with E-state index in [0.717, 1.165) is 28.3 Å². The van der Waals surface area contributed by atoms with E-state index in [4.69, 9.17) is 0 Å². The number of amides is 3. The second-order valence-electron chi connectivity index (χ2n) is 7.15. The Kier molecular flexibility index (Phi) is 4.89. The van der Waals surface area contributed by atoms with E-state index in [1.54, 1.807) is 18.3 Å². The van der Waals surface area contributed by atoms with Crippen molar-refractivity contribution < 1.29 is 9.59 Å². The zero-order chi connectivity index (χ0) is 21.9. The Morgan fingerprint density at radius 2 is 1.81 bits per heavy atom. The predicted molar refractivity (Wildman–Crippen MR) is 125 cm³/mol. The third-order valence-corrected chi connectivity index (χ3v) is 4.88. The number of nitrogens with zero attached hydrogens (tertiary/aromatic N) is 1. The van der Waals surface area contributed by atoms with Gasteiger partial charge in [0, 0.05) is 40.6 Å². The number of nitrogens with one attached hydrogen (secondary N) is 6. The maximum Gasteiger partial charge on any atom is 0.324 e. The number of H-pyrrole nitrogens is 2. The summed E-state index contributed by atoms with van der Waals surface area (Å²) in [6, 6.07) is 18.1. The van der Waals surface area contributed by atoms with Crippen molar-refractivity contribution in [3.8, 4) is 0 Å². The summed E-state index contributed by atoms with van der Waals surface area (Å²) in [6.07, 6.45) is 5.20. The van der Waals surface area contributed by atoms with Crippen LogP contribution in [-0.4, -0.2) is 27.1 Å². The Hall–Kier alpha value is -4.79. The van der Waals surface area contributed by atoms with Crippen molar-refractivity contribution in [1.82, 2.24) is 15.2 Å². The molecule has 32 heavy (non-hydrogen) atoms. The maximum atomic E-state index is 12.4. The van der Waals surface area contributed by atoms with Crippen molar-refractivity contribution in [1.29, 1.82) is 0 Å². The standard InChI is InChI=1S/C23H19N7O2/c31-22-19(12-14-5-2-9-24-14)18-7-6-17(13-20(18)28-22)26-15-3-1-4-16(11-15)27-23(32)29-21-8-10-25-30-21/h1-13,24,26H,(H,28,31)(H3,25,27,29,30,32). The molecular formula is C23H19N7O2. The van der Waals surface area contributed by atoms with Crippen LogP contribution in [0.3, 0.4) is 0 Å². The van der Waals surface area contributed by atoms with Gasteiger partial charge in [-0.25, -0.2) is 4.79 Å². The first-order chi connectivity index (χ1) is 15.6. The SMILES string of the molecule is O=C(Nc1cccc(Nc2ccc3c(c2)NC(=O)C3=Cc2ccc[nH]2)c1)Nc1ccn[nH]1. The molecule has 1 aliphatic rings. The number of rotatable bonds is 5. The minimum Gasteiger partial charge on any atom is -0.362 e. The molecule has 6 N–H and O–H groups in total. The van der Waals surface area contributed by atoms with Crippen molar-refractivity contribution in [2.45, 2.75) is 0 Å². The molecule has 3 heterocycles. The molecule has 0 atom stereocenters. The molecule has 1 aliphatic heterocycles. The molecule has 158 valence electrons. The lowest BCUT2D eigenvalue weighted by molar-refractivity contribution is -0.110. The Morgan fingerprint density at radius 3 is 2.62 bits per heavy atom. The molecule has 0 radical (unpaired) electrons. The third kappa shape index (κ3) is 4.08. The van der Waals surface area contributed by atoms with E-state index in [2.05, 4.69) is 36.4 Å². The second kappa shape index (κ2) is 8.15. The average Bonchev–Trinajstić information content (AvgIpc) is 3.52. The van der Waals surface area contributed by atoms with Crippen molar-refractivity contribution in [2.24, 2.45) is 0 Å². The first-order valence-electron chi connectivity index (χ1n) is 9.89. The molecule has 0 saturated carbocycles. The van der Waals surface area contributed by atoms with Gasteiger partial charge in [0.05, 0.1) is 17.5 Å². The van der Waals surface area contributed by atoms with Gasteiger partial charge >= 0.3 is 6.03 Å². The molecule has 0 spiro atoms. The van der Waals surface area contributed by atoms with Gasteiger partial charge in [0.15, 0.2) is 0 Å². The van der Waals surface area contributed by atoms with Crippen LogP contribution in [0.15, 0.2) is 73.1 Å². The van der Waals surface area contributed by atoms with E-state index in [1.165, 1.54) is 0 Å². The fraction of sp³-hybridized carbons (Fsp3) is 0. The van der Waals surface area contributed by atoms with Gasteiger partial charge in [-0.1, -0.05) is 12.1 Å². The van der Waals surface area contributed by atoms with Crippen molar-refractivity contribution >= 4 is 52.2 Å². The van der Waals surface area contributed by atoms with Gasteiger partial charge in [0.1, 0.15) is 5.82 Å². The molecule has 0 fully saturated rings. The van der Waals surface area contributed by atoms with E-state index >= 15 is 0 Å². The largest absolute Gasteiger partial charge is 0.362 e. The number of hydrogen-bond donors (Lipinski definition) is 6. The van der Waals surface area contributed by atoms with Crippen LogP contribution in [0.5, 0.6) is 0 Å². The number of benzene rings is 2. The smallest absolute Gasteiger partial charge is 0.324 e. The zero-order valence-electron chi connectivity index (χ0n) is 16.8. The third-order valence-electron chi connectivity index (χ3n) is 4.88. The summed E-state index contributed by atoms with van der Waals surface area (Å²) in [6.45, 7) is 0. The lowest BCUT2D eigenvalue weighted by Gasteiger charge is -2.11. The van der Waals surface area contributed by atoms with Crippen molar-refractivity contribution in [3.63, 3.8) is 0 Å². The molecule has 5 rings (SSSR count). The highest BCUT2D eigenvalue weighted by atomic mass is 16.2. The predicted octanol–water partition coefficient (Wildman–Crippen LogP) is 4.62. The molecule has 9 nitrogen and oxygen atoms in total. The van der Waals surface area contributed by atoms with Crippen LogP contribution in [0.4, 0.5) is 33.4 Å². The molecular weight excluding hydrogens is 406 g/mol. The fourth-order valence-corrected chi connectivity index (χ4v) is 3.46. The number of carbonyl (C=O) groups is 2. The summed E-state index contributed by atoms with van der Waals surface area (Å²) in [5, 5.41) is 18.1. The number of fused-ring (bicyclic) bond motifs is 1. The quantitative estimate of drug-likeness (QED) is 0.261. The Bertz CT molecular complexity index is 1310. The minimum atomic E-state index is -0.381. The monoisotopic (exact) mass is 425 g/mol. The Labute approximate surface area is 182 Å². The number of hydrogen-bond acceptors (Lipinski definition) is 4. The van der Waals surface area contributed by atoms with Crippen LogP contribution in [0, 0.1) is 0 Å². The number of aromatic nitrogens is 3. The van der Waals surface area contributed by atoms with E-state index in [0.29, 0.717) is 17.1 Å².